The molecule has 2 aliphatic heterocycles. The number of carbonyl (C=O) groups excluding carboxylic acids is 1. The number of thiophene rings is 1. The van der Waals surface area contributed by atoms with Crippen molar-refractivity contribution in [3.63, 3.8) is 0 Å². The SMILES string of the molecule is C[C@@]1(Cc2ccc(Br)cc2)C(=O)N(c2cc(Cl)cc(Cl)c2)c2ncc(S(=O)(=O)N3CCN(S(=O)(=O)c4cccs4)CC3)n21. The number of hydrogen-bond acceptors (Lipinski definition) is 7. The molecule has 2 aromatic heterocycles. The Labute approximate surface area is 271 Å². The van der Waals surface area contributed by atoms with Gasteiger partial charge in [-0.05, 0) is 54.3 Å². The summed E-state index contributed by atoms with van der Waals surface area (Å²) in [5.74, 6) is -0.291. The van der Waals surface area contributed by atoms with Gasteiger partial charge in [0.05, 0.1) is 11.9 Å². The second kappa shape index (κ2) is 11.2. The summed E-state index contributed by atoms with van der Waals surface area (Å²) in [6.45, 7) is 1.54. The zero-order chi connectivity index (χ0) is 30.7. The molecule has 1 amide bonds. The van der Waals surface area contributed by atoms with Crippen molar-refractivity contribution in [3.8, 4) is 0 Å². The van der Waals surface area contributed by atoms with Gasteiger partial charge in [-0.25, -0.2) is 26.7 Å². The largest absolute Gasteiger partial charge is 0.284 e. The van der Waals surface area contributed by atoms with Crippen molar-refractivity contribution >= 4 is 88.1 Å². The van der Waals surface area contributed by atoms with Gasteiger partial charge in [0.15, 0.2) is 5.03 Å². The van der Waals surface area contributed by atoms with Crippen LogP contribution >= 0.6 is 50.5 Å². The molecular formula is C27H24BrCl2N5O5S3. The molecular weight excluding hydrogens is 721 g/mol. The number of aromatic nitrogens is 2. The first kappa shape index (κ1) is 30.7. The Morgan fingerprint density at radius 1 is 0.930 bits per heavy atom. The Morgan fingerprint density at radius 3 is 2.12 bits per heavy atom. The fourth-order valence-electron chi connectivity index (χ4n) is 5.43. The molecule has 0 radical (unpaired) electrons. The molecule has 0 saturated carbocycles. The van der Waals surface area contributed by atoms with Crippen molar-refractivity contribution in [2.24, 2.45) is 0 Å². The molecule has 10 nitrogen and oxygen atoms in total. The zero-order valence-corrected chi connectivity index (χ0v) is 28.1. The van der Waals surface area contributed by atoms with Crippen molar-refractivity contribution in [3.05, 3.63) is 86.3 Å². The molecule has 16 heteroatoms. The minimum absolute atomic E-state index is 0.0112. The number of piperazine rings is 1. The number of imidazole rings is 1. The average Bonchev–Trinajstić information content (AvgIpc) is 3.69. The van der Waals surface area contributed by atoms with Crippen LogP contribution in [0.5, 0.6) is 0 Å². The summed E-state index contributed by atoms with van der Waals surface area (Å²) < 4.78 is 59.4. The van der Waals surface area contributed by atoms with Gasteiger partial charge in [0.1, 0.15) is 9.75 Å². The summed E-state index contributed by atoms with van der Waals surface area (Å²) >= 11 is 17.1. The number of fused-ring (bicyclic) bond motifs is 1. The van der Waals surface area contributed by atoms with Gasteiger partial charge in [-0.3, -0.25) is 9.36 Å². The highest BCUT2D eigenvalue weighted by atomic mass is 79.9. The summed E-state index contributed by atoms with van der Waals surface area (Å²) in [5, 5.41) is 2.12. The molecule has 0 aliphatic carbocycles. The van der Waals surface area contributed by atoms with Crippen LogP contribution in [0.1, 0.15) is 12.5 Å². The van der Waals surface area contributed by atoms with Crippen molar-refractivity contribution < 1.29 is 21.6 Å². The van der Waals surface area contributed by atoms with Crippen molar-refractivity contribution in [2.75, 3.05) is 31.1 Å². The Hall–Kier alpha value is -2.30. The van der Waals surface area contributed by atoms with Gasteiger partial charge >= 0.3 is 0 Å². The molecule has 2 aliphatic rings. The van der Waals surface area contributed by atoms with Gasteiger partial charge in [0.25, 0.3) is 26.0 Å². The highest BCUT2D eigenvalue weighted by molar-refractivity contribution is 9.10. The maximum atomic E-state index is 14.2. The fourth-order valence-corrected chi connectivity index (χ4v) is 10.4. The third-order valence-corrected chi connectivity index (χ3v) is 13.6. The molecule has 1 atom stereocenters. The lowest BCUT2D eigenvalue weighted by atomic mass is 9.92. The monoisotopic (exact) mass is 743 g/mol. The molecule has 1 saturated heterocycles. The first-order chi connectivity index (χ1) is 20.3. The van der Waals surface area contributed by atoms with Crippen LogP contribution in [0, 0.1) is 0 Å². The van der Waals surface area contributed by atoms with E-state index in [1.54, 1.807) is 30.5 Å². The van der Waals surface area contributed by atoms with E-state index in [9.17, 15) is 21.6 Å². The second-order valence-corrected chi connectivity index (χ2v) is 17.1. The number of amides is 1. The third-order valence-electron chi connectivity index (χ3n) is 7.53. The normalized spacial score (nSPS) is 20.1. The van der Waals surface area contributed by atoms with Crippen LogP contribution in [-0.2, 0) is 36.8 Å². The standard InChI is InChI=1S/C27H24BrCl2N5O5S3/c1-27(16-18-4-6-19(28)7-5-18)25(36)34(22-14-20(29)13-21(30)15-22)26-31-17-23(35(26)27)42(37,38)32-8-10-33(11-9-32)43(39,40)24-3-2-12-41-24/h2-7,12-15,17H,8-11,16H2,1H3/t27-/m1/s1. The number of nitrogens with zero attached hydrogens (tertiary/aromatic N) is 5. The van der Waals surface area contributed by atoms with E-state index < -0.39 is 31.5 Å². The van der Waals surface area contributed by atoms with Crippen LogP contribution in [-0.4, -0.2) is 67.1 Å². The van der Waals surface area contributed by atoms with Crippen LogP contribution in [0.2, 0.25) is 10.0 Å². The van der Waals surface area contributed by atoms with Crippen LogP contribution < -0.4 is 4.90 Å². The molecule has 43 heavy (non-hydrogen) atoms. The Bertz CT molecular complexity index is 1910. The van der Waals surface area contributed by atoms with E-state index >= 15 is 0 Å². The van der Waals surface area contributed by atoms with Crippen LogP contribution in [0.3, 0.4) is 0 Å². The smallest absolute Gasteiger partial charge is 0.260 e. The topological polar surface area (TPSA) is 113 Å². The Morgan fingerprint density at radius 2 is 1.53 bits per heavy atom. The van der Waals surface area contributed by atoms with E-state index in [2.05, 4.69) is 20.9 Å². The first-order valence-corrected chi connectivity index (χ1v) is 18.3. The van der Waals surface area contributed by atoms with E-state index in [4.69, 9.17) is 23.2 Å². The van der Waals surface area contributed by atoms with Crippen molar-refractivity contribution in [2.45, 2.75) is 28.1 Å². The van der Waals surface area contributed by atoms with Gasteiger partial charge < -0.3 is 0 Å². The summed E-state index contributed by atoms with van der Waals surface area (Å²) in [4.78, 5) is 20.0. The molecule has 226 valence electrons. The van der Waals surface area contributed by atoms with E-state index in [1.807, 2.05) is 24.3 Å². The molecule has 0 bridgehead atoms. The van der Waals surface area contributed by atoms with Crippen LogP contribution in [0.4, 0.5) is 11.6 Å². The molecule has 0 N–H and O–H groups in total. The van der Waals surface area contributed by atoms with Gasteiger partial charge in [0, 0.05) is 47.1 Å². The van der Waals surface area contributed by atoms with Crippen LogP contribution in [0.15, 0.2) is 79.9 Å². The molecule has 2 aromatic carbocycles. The minimum Gasteiger partial charge on any atom is -0.284 e. The molecule has 0 unspecified atom stereocenters. The predicted octanol–water partition coefficient (Wildman–Crippen LogP) is 5.35. The number of carbonyl (C=O) groups is 1. The lowest BCUT2D eigenvalue weighted by molar-refractivity contribution is -0.124. The zero-order valence-electron chi connectivity index (χ0n) is 22.5. The number of hydrogen-bond donors (Lipinski definition) is 0. The molecule has 0 spiro atoms. The molecule has 1 fully saturated rings. The maximum absolute atomic E-state index is 14.2. The fraction of sp³-hybridized carbons (Fsp3) is 0.259. The minimum atomic E-state index is -4.21. The van der Waals surface area contributed by atoms with E-state index in [1.165, 1.54) is 36.4 Å². The number of halogens is 3. The van der Waals surface area contributed by atoms with E-state index in [0.717, 1.165) is 21.4 Å². The van der Waals surface area contributed by atoms with Crippen molar-refractivity contribution in [1.82, 2.24) is 18.2 Å². The van der Waals surface area contributed by atoms with Crippen LogP contribution in [0.25, 0.3) is 0 Å². The van der Waals surface area contributed by atoms with E-state index in [0.29, 0.717) is 15.7 Å². The summed E-state index contributed by atoms with van der Waals surface area (Å²) in [6, 6.07) is 15.3. The van der Waals surface area contributed by atoms with Crippen molar-refractivity contribution in [1.29, 1.82) is 0 Å². The predicted molar refractivity (Wildman–Crippen MR) is 169 cm³/mol. The molecule has 6 rings (SSSR count). The Kier molecular flexibility index (Phi) is 8.04. The molecule has 4 heterocycles. The number of anilines is 2. The highest BCUT2D eigenvalue weighted by Gasteiger charge is 2.52. The first-order valence-electron chi connectivity index (χ1n) is 13.0. The lowest BCUT2D eigenvalue weighted by Crippen LogP contribution is -2.51. The average molecular weight is 746 g/mol. The third kappa shape index (κ3) is 5.35. The second-order valence-electron chi connectivity index (χ2n) is 10.3. The Balaban J connectivity index is 1.39. The summed E-state index contributed by atoms with van der Waals surface area (Å²) in [6.07, 6.45) is 1.41. The van der Waals surface area contributed by atoms with Gasteiger partial charge in [-0.1, -0.05) is 57.3 Å². The number of rotatable bonds is 7. The quantitative estimate of drug-likeness (QED) is 0.253. The summed E-state index contributed by atoms with van der Waals surface area (Å²) in [7, 11) is -7.93. The van der Waals surface area contributed by atoms with E-state index in [-0.39, 0.29) is 47.8 Å². The number of benzene rings is 2. The maximum Gasteiger partial charge on any atom is 0.260 e. The summed E-state index contributed by atoms with van der Waals surface area (Å²) in [5.41, 5.74) is -0.230. The number of sulfonamides is 2. The lowest BCUT2D eigenvalue weighted by Gasteiger charge is -2.33. The van der Waals surface area contributed by atoms with Gasteiger partial charge in [-0.2, -0.15) is 8.61 Å². The van der Waals surface area contributed by atoms with Gasteiger partial charge in [0.2, 0.25) is 5.95 Å². The van der Waals surface area contributed by atoms with Gasteiger partial charge in [-0.15, -0.1) is 11.3 Å². The molecule has 4 aromatic rings. The highest BCUT2D eigenvalue weighted by Crippen LogP contribution is 2.45.